The van der Waals surface area contributed by atoms with Crippen molar-refractivity contribution in [2.75, 3.05) is 0 Å². The molecule has 6 heteroatoms. The van der Waals surface area contributed by atoms with Crippen molar-refractivity contribution in [2.45, 2.75) is 6.42 Å². The quantitative estimate of drug-likeness (QED) is 0.725. The van der Waals surface area contributed by atoms with Crippen LogP contribution >= 0.6 is 0 Å². The summed E-state index contributed by atoms with van der Waals surface area (Å²) in [7, 11) is 0. The molecule has 6 nitrogen and oxygen atoms in total. The van der Waals surface area contributed by atoms with Crippen LogP contribution in [0.25, 0.3) is 10.9 Å². The molecule has 2 aromatic carbocycles. The van der Waals surface area contributed by atoms with Crippen molar-refractivity contribution < 1.29 is 14.4 Å². The summed E-state index contributed by atoms with van der Waals surface area (Å²) in [4.78, 5) is 39.9. The zero-order chi connectivity index (χ0) is 16.7. The van der Waals surface area contributed by atoms with E-state index in [0.717, 1.165) is 21.5 Å². The first-order chi connectivity index (χ1) is 11.6. The van der Waals surface area contributed by atoms with Crippen LogP contribution in [-0.2, 0) is 11.2 Å². The molecule has 3 amide bonds. The van der Waals surface area contributed by atoms with E-state index in [1.165, 1.54) is 0 Å². The molecule has 3 aromatic rings. The van der Waals surface area contributed by atoms with Gasteiger partial charge in [0.2, 0.25) is 5.91 Å². The van der Waals surface area contributed by atoms with Crippen LogP contribution in [0, 0.1) is 0 Å². The van der Waals surface area contributed by atoms with Gasteiger partial charge in [0, 0.05) is 17.1 Å². The maximum atomic E-state index is 12.3. The predicted octanol–water partition coefficient (Wildman–Crippen LogP) is 2.04. The van der Waals surface area contributed by atoms with Crippen LogP contribution in [0.4, 0.5) is 0 Å². The monoisotopic (exact) mass is 319 g/mol. The van der Waals surface area contributed by atoms with E-state index in [2.05, 4.69) is 10.4 Å². The fraction of sp³-hybridized carbons (Fsp3) is 0.0556. The van der Waals surface area contributed by atoms with Gasteiger partial charge in [-0.25, -0.2) is 0 Å². The number of aromatic nitrogens is 1. The maximum Gasteiger partial charge on any atom is 0.280 e. The number of benzene rings is 2. The molecular weight excluding hydrogens is 306 g/mol. The largest absolute Gasteiger partial charge is 0.361 e. The first-order valence-electron chi connectivity index (χ1n) is 7.47. The van der Waals surface area contributed by atoms with Gasteiger partial charge in [-0.05, 0) is 23.8 Å². The second-order valence-corrected chi connectivity index (χ2v) is 5.56. The molecule has 0 saturated heterocycles. The molecule has 2 heterocycles. The zero-order valence-electron chi connectivity index (χ0n) is 12.6. The number of amides is 3. The van der Waals surface area contributed by atoms with Gasteiger partial charge in [-0.15, -0.1) is 0 Å². The number of rotatable bonds is 3. The molecule has 2 N–H and O–H groups in total. The minimum Gasteiger partial charge on any atom is -0.361 e. The number of para-hydroxylation sites is 1. The van der Waals surface area contributed by atoms with E-state index in [9.17, 15) is 14.4 Å². The standard InChI is InChI=1S/C18H13N3O3/c22-16(9-11-10-19-15-8-4-3-5-12(11)15)20-21-17(23)13-6-1-2-7-14(13)18(21)24/h1-8,10,19H,9H2,(H,20,22). The molecule has 24 heavy (non-hydrogen) atoms. The molecule has 0 fully saturated rings. The van der Waals surface area contributed by atoms with Gasteiger partial charge < -0.3 is 4.98 Å². The van der Waals surface area contributed by atoms with Crippen LogP contribution in [-0.4, -0.2) is 27.7 Å². The number of hydrazine groups is 1. The molecule has 0 aliphatic carbocycles. The Morgan fingerprint density at radius 2 is 1.58 bits per heavy atom. The van der Waals surface area contributed by atoms with Crippen LogP contribution < -0.4 is 5.43 Å². The van der Waals surface area contributed by atoms with Crippen molar-refractivity contribution in [2.24, 2.45) is 0 Å². The van der Waals surface area contributed by atoms with Crippen LogP contribution in [0.15, 0.2) is 54.7 Å². The lowest BCUT2D eigenvalue weighted by molar-refractivity contribution is -0.123. The number of fused-ring (bicyclic) bond motifs is 2. The fourth-order valence-electron chi connectivity index (χ4n) is 2.91. The van der Waals surface area contributed by atoms with Crippen molar-refractivity contribution in [1.29, 1.82) is 0 Å². The van der Waals surface area contributed by atoms with Crippen molar-refractivity contribution in [3.63, 3.8) is 0 Å². The first kappa shape index (κ1) is 14.2. The van der Waals surface area contributed by atoms with Crippen LogP contribution in [0.5, 0.6) is 0 Å². The Bertz CT molecular complexity index is 955. The van der Waals surface area contributed by atoms with E-state index in [4.69, 9.17) is 0 Å². The van der Waals surface area contributed by atoms with E-state index >= 15 is 0 Å². The van der Waals surface area contributed by atoms with Gasteiger partial charge in [-0.1, -0.05) is 30.3 Å². The van der Waals surface area contributed by atoms with Gasteiger partial charge in [0.05, 0.1) is 17.5 Å². The van der Waals surface area contributed by atoms with E-state index in [1.54, 1.807) is 30.5 Å². The Balaban J connectivity index is 1.53. The predicted molar refractivity (Wildman–Crippen MR) is 87.1 cm³/mol. The number of carbonyl (C=O) groups is 3. The van der Waals surface area contributed by atoms with E-state index in [1.807, 2.05) is 24.3 Å². The summed E-state index contributed by atoms with van der Waals surface area (Å²) in [5.74, 6) is -1.44. The molecule has 118 valence electrons. The van der Waals surface area contributed by atoms with Gasteiger partial charge in [0.25, 0.3) is 11.8 Å². The zero-order valence-corrected chi connectivity index (χ0v) is 12.6. The highest BCUT2D eigenvalue weighted by molar-refractivity contribution is 6.21. The van der Waals surface area contributed by atoms with E-state index < -0.39 is 17.7 Å². The molecule has 0 radical (unpaired) electrons. The normalized spacial score (nSPS) is 13.4. The molecule has 0 bridgehead atoms. The lowest BCUT2D eigenvalue weighted by Crippen LogP contribution is -2.46. The Morgan fingerprint density at radius 1 is 0.958 bits per heavy atom. The molecule has 0 saturated carbocycles. The average Bonchev–Trinajstić information content (AvgIpc) is 3.11. The van der Waals surface area contributed by atoms with Gasteiger partial charge in [0.1, 0.15) is 0 Å². The molecule has 1 aliphatic rings. The maximum absolute atomic E-state index is 12.3. The second-order valence-electron chi connectivity index (χ2n) is 5.56. The summed E-state index contributed by atoms with van der Waals surface area (Å²) in [5.41, 5.74) is 4.75. The van der Waals surface area contributed by atoms with Crippen LogP contribution in [0.2, 0.25) is 0 Å². The van der Waals surface area contributed by atoms with Crippen molar-refractivity contribution >= 4 is 28.6 Å². The molecule has 0 unspecified atom stereocenters. The summed E-state index contributed by atoms with van der Waals surface area (Å²) in [6.45, 7) is 0. The molecule has 0 atom stereocenters. The lowest BCUT2D eigenvalue weighted by Gasteiger charge is -2.14. The summed E-state index contributed by atoms with van der Waals surface area (Å²) in [5, 5.41) is 1.72. The Kier molecular flexibility index (Phi) is 3.16. The minimum atomic E-state index is -0.511. The molecular formula is C18H13N3O3. The summed E-state index contributed by atoms with van der Waals surface area (Å²) >= 11 is 0. The van der Waals surface area contributed by atoms with Gasteiger partial charge >= 0.3 is 0 Å². The highest BCUT2D eigenvalue weighted by atomic mass is 16.2. The number of H-pyrrole nitrogens is 1. The third kappa shape index (κ3) is 2.16. The van der Waals surface area contributed by atoms with Crippen LogP contribution in [0.3, 0.4) is 0 Å². The van der Waals surface area contributed by atoms with E-state index in [-0.39, 0.29) is 6.42 Å². The Hall–Kier alpha value is -3.41. The van der Waals surface area contributed by atoms with Gasteiger partial charge in [0.15, 0.2) is 0 Å². The third-order valence-corrected chi connectivity index (χ3v) is 4.06. The minimum absolute atomic E-state index is 0.0669. The third-order valence-electron chi connectivity index (χ3n) is 4.06. The molecule has 4 rings (SSSR count). The van der Waals surface area contributed by atoms with Crippen molar-refractivity contribution in [1.82, 2.24) is 15.4 Å². The Labute approximate surface area is 137 Å². The number of carbonyl (C=O) groups excluding carboxylic acids is 3. The molecule has 0 spiro atoms. The van der Waals surface area contributed by atoms with Gasteiger partial charge in [-0.3, -0.25) is 19.8 Å². The van der Waals surface area contributed by atoms with Crippen molar-refractivity contribution in [3.05, 3.63) is 71.4 Å². The summed E-state index contributed by atoms with van der Waals surface area (Å²) < 4.78 is 0. The number of nitrogens with zero attached hydrogens (tertiary/aromatic N) is 1. The highest BCUT2D eigenvalue weighted by Gasteiger charge is 2.36. The number of nitrogens with one attached hydrogen (secondary N) is 2. The number of hydrogen-bond acceptors (Lipinski definition) is 3. The topological polar surface area (TPSA) is 82.3 Å². The Morgan fingerprint density at radius 3 is 2.29 bits per heavy atom. The summed E-state index contributed by atoms with van der Waals surface area (Å²) in [6.07, 6.45) is 1.82. The number of aromatic amines is 1. The van der Waals surface area contributed by atoms with E-state index in [0.29, 0.717) is 11.1 Å². The SMILES string of the molecule is O=C(Cc1c[nH]c2ccccc12)NN1C(=O)c2ccccc2C1=O. The van der Waals surface area contributed by atoms with Gasteiger partial charge in [-0.2, -0.15) is 5.01 Å². The molecule has 1 aliphatic heterocycles. The average molecular weight is 319 g/mol. The first-order valence-corrected chi connectivity index (χ1v) is 7.47. The molecule has 1 aromatic heterocycles. The second kappa shape index (κ2) is 5.34. The van der Waals surface area contributed by atoms with Crippen molar-refractivity contribution in [3.8, 4) is 0 Å². The number of imide groups is 1. The number of hydrogen-bond donors (Lipinski definition) is 2. The summed E-state index contributed by atoms with van der Waals surface area (Å²) in [6, 6.07) is 14.1. The highest BCUT2D eigenvalue weighted by Crippen LogP contribution is 2.21. The lowest BCUT2D eigenvalue weighted by atomic mass is 10.1. The smallest absolute Gasteiger partial charge is 0.280 e. The van der Waals surface area contributed by atoms with Crippen LogP contribution in [0.1, 0.15) is 26.3 Å². The fourth-order valence-corrected chi connectivity index (χ4v) is 2.91.